The highest BCUT2D eigenvalue weighted by atomic mass is 16.2. The molecule has 0 aliphatic carbocycles. The van der Waals surface area contributed by atoms with Crippen molar-refractivity contribution < 1.29 is 4.79 Å². The summed E-state index contributed by atoms with van der Waals surface area (Å²) in [6.45, 7) is 2.42. The van der Waals surface area contributed by atoms with E-state index < -0.39 is 0 Å². The monoisotopic (exact) mass is 246 g/mol. The zero-order chi connectivity index (χ0) is 13.1. The quantitative estimate of drug-likeness (QED) is 0.852. The summed E-state index contributed by atoms with van der Waals surface area (Å²) in [6, 6.07) is 5.84. The largest absolute Gasteiger partial charge is 0.345 e. The number of carbonyl (C=O) groups is 1. The van der Waals surface area contributed by atoms with E-state index in [1.807, 2.05) is 25.1 Å². The number of hydrogen-bond donors (Lipinski definition) is 2. The number of imidazole rings is 1. The number of nitrogens with one attached hydrogen (secondary N) is 1. The summed E-state index contributed by atoms with van der Waals surface area (Å²) in [6.07, 6.45) is 2.04. The van der Waals surface area contributed by atoms with E-state index in [0.717, 1.165) is 16.6 Å². The summed E-state index contributed by atoms with van der Waals surface area (Å²) < 4.78 is 0. The van der Waals surface area contributed by atoms with E-state index in [-0.39, 0.29) is 11.9 Å². The first-order valence-corrected chi connectivity index (χ1v) is 5.98. The van der Waals surface area contributed by atoms with Gasteiger partial charge in [-0.25, -0.2) is 4.98 Å². The Morgan fingerprint density at radius 2 is 2.33 bits per heavy atom. The molecule has 5 heteroatoms. The topological polar surface area (TPSA) is 75.0 Å². The molecule has 1 unspecified atom stereocenters. The molecule has 5 nitrogen and oxygen atoms in total. The van der Waals surface area contributed by atoms with Crippen molar-refractivity contribution in [1.82, 2.24) is 14.9 Å². The molecule has 1 heterocycles. The molecule has 1 amide bonds. The third-order valence-corrected chi connectivity index (χ3v) is 2.83. The van der Waals surface area contributed by atoms with Gasteiger partial charge in [-0.05, 0) is 24.6 Å². The Kier molecular flexibility index (Phi) is 3.62. The molecule has 2 aromatic rings. The molecule has 0 saturated heterocycles. The number of aromatic nitrogens is 2. The highest BCUT2D eigenvalue weighted by Crippen LogP contribution is 2.13. The summed E-state index contributed by atoms with van der Waals surface area (Å²) in [5, 5.41) is 0. The van der Waals surface area contributed by atoms with Gasteiger partial charge >= 0.3 is 0 Å². The molecule has 0 radical (unpaired) electrons. The molecule has 0 aliphatic rings. The highest BCUT2D eigenvalue weighted by molar-refractivity contribution is 5.77. The van der Waals surface area contributed by atoms with E-state index >= 15 is 0 Å². The van der Waals surface area contributed by atoms with E-state index in [2.05, 4.69) is 9.97 Å². The smallest absolute Gasteiger partial charge is 0.224 e. The molecule has 0 saturated carbocycles. The number of carbonyl (C=O) groups excluding carboxylic acids is 1. The third-order valence-electron chi connectivity index (χ3n) is 2.83. The number of hydrogen-bond acceptors (Lipinski definition) is 3. The number of aromatic amines is 1. The van der Waals surface area contributed by atoms with Crippen LogP contribution < -0.4 is 5.73 Å². The van der Waals surface area contributed by atoms with Crippen LogP contribution in [0.2, 0.25) is 0 Å². The molecule has 0 bridgehead atoms. The van der Waals surface area contributed by atoms with Crippen LogP contribution >= 0.6 is 0 Å². The average Bonchev–Trinajstić information content (AvgIpc) is 2.75. The first kappa shape index (κ1) is 12.6. The van der Waals surface area contributed by atoms with Crippen molar-refractivity contribution in [3.8, 4) is 0 Å². The van der Waals surface area contributed by atoms with Crippen LogP contribution in [0.25, 0.3) is 11.0 Å². The fourth-order valence-corrected chi connectivity index (χ4v) is 1.87. The summed E-state index contributed by atoms with van der Waals surface area (Å²) in [5.74, 6) is 0.0645. The van der Waals surface area contributed by atoms with Crippen LogP contribution in [-0.4, -0.2) is 33.9 Å². The molecule has 2 rings (SSSR count). The van der Waals surface area contributed by atoms with Gasteiger partial charge in [-0.3, -0.25) is 4.79 Å². The summed E-state index contributed by atoms with van der Waals surface area (Å²) in [5.41, 5.74) is 8.62. The number of rotatable bonds is 4. The Labute approximate surface area is 106 Å². The van der Waals surface area contributed by atoms with Crippen LogP contribution in [0.4, 0.5) is 0 Å². The molecule has 1 aromatic carbocycles. The van der Waals surface area contributed by atoms with Crippen molar-refractivity contribution in [2.45, 2.75) is 25.9 Å². The van der Waals surface area contributed by atoms with Gasteiger partial charge in [0, 0.05) is 26.1 Å². The zero-order valence-electron chi connectivity index (χ0n) is 10.7. The Balaban J connectivity index is 2.06. The van der Waals surface area contributed by atoms with Gasteiger partial charge in [-0.15, -0.1) is 0 Å². The number of nitrogens with two attached hydrogens (primary N) is 1. The predicted octanol–water partition coefficient (Wildman–Crippen LogP) is 1.26. The molecule has 1 atom stereocenters. The van der Waals surface area contributed by atoms with Crippen molar-refractivity contribution in [3.63, 3.8) is 0 Å². The van der Waals surface area contributed by atoms with Crippen LogP contribution in [0.5, 0.6) is 0 Å². The van der Waals surface area contributed by atoms with Crippen molar-refractivity contribution >= 4 is 16.9 Å². The van der Waals surface area contributed by atoms with Crippen molar-refractivity contribution in [2.24, 2.45) is 5.73 Å². The van der Waals surface area contributed by atoms with Gasteiger partial charge in [0.1, 0.15) is 0 Å². The van der Waals surface area contributed by atoms with E-state index in [1.54, 1.807) is 18.3 Å². The number of fused-ring (bicyclic) bond motifs is 1. The minimum Gasteiger partial charge on any atom is -0.345 e. The summed E-state index contributed by atoms with van der Waals surface area (Å²) in [7, 11) is 1.79. The molecular formula is C13H18N4O. The second-order valence-corrected chi connectivity index (χ2v) is 4.69. The first-order chi connectivity index (χ1) is 8.56. The van der Waals surface area contributed by atoms with Gasteiger partial charge in [0.2, 0.25) is 5.91 Å². The lowest BCUT2D eigenvalue weighted by molar-refractivity contribution is -0.130. The van der Waals surface area contributed by atoms with Crippen LogP contribution in [0.15, 0.2) is 24.5 Å². The molecule has 3 N–H and O–H groups in total. The van der Waals surface area contributed by atoms with Crippen LogP contribution in [0.1, 0.15) is 18.9 Å². The van der Waals surface area contributed by atoms with Crippen LogP contribution in [-0.2, 0) is 11.3 Å². The second kappa shape index (κ2) is 5.18. The van der Waals surface area contributed by atoms with E-state index in [9.17, 15) is 4.79 Å². The van der Waals surface area contributed by atoms with Gasteiger partial charge in [-0.2, -0.15) is 0 Å². The Morgan fingerprint density at radius 1 is 1.56 bits per heavy atom. The third kappa shape index (κ3) is 2.87. The maximum Gasteiger partial charge on any atom is 0.224 e. The molecule has 1 aromatic heterocycles. The summed E-state index contributed by atoms with van der Waals surface area (Å²) >= 11 is 0. The van der Waals surface area contributed by atoms with E-state index in [4.69, 9.17) is 5.73 Å². The maximum absolute atomic E-state index is 11.8. The number of benzene rings is 1. The Bertz CT molecular complexity index is 547. The molecule has 0 fully saturated rings. The molecule has 96 valence electrons. The lowest BCUT2D eigenvalue weighted by Gasteiger charge is -2.18. The standard InChI is InChI=1S/C13H18N4O/c1-9(14)5-13(18)17(2)7-10-3-4-11-12(6-10)16-8-15-11/h3-4,6,8-9H,5,7,14H2,1-2H3,(H,15,16). The molecular weight excluding hydrogens is 228 g/mol. The predicted molar refractivity (Wildman–Crippen MR) is 70.8 cm³/mol. The van der Waals surface area contributed by atoms with E-state index in [1.165, 1.54) is 0 Å². The fourth-order valence-electron chi connectivity index (χ4n) is 1.87. The minimum atomic E-state index is -0.102. The van der Waals surface area contributed by atoms with Gasteiger partial charge in [0.15, 0.2) is 0 Å². The molecule has 0 spiro atoms. The fraction of sp³-hybridized carbons (Fsp3) is 0.385. The van der Waals surface area contributed by atoms with Gasteiger partial charge in [0.05, 0.1) is 17.4 Å². The summed E-state index contributed by atoms with van der Waals surface area (Å²) in [4.78, 5) is 20.7. The average molecular weight is 246 g/mol. The van der Waals surface area contributed by atoms with Crippen LogP contribution in [0.3, 0.4) is 0 Å². The lowest BCUT2D eigenvalue weighted by atomic mass is 10.1. The minimum absolute atomic E-state index is 0.0645. The highest BCUT2D eigenvalue weighted by Gasteiger charge is 2.11. The Morgan fingerprint density at radius 3 is 3.06 bits per heavy atom. The zero-order valence-corrected chi connectivity index (χ0v) is 10.7. The first-order valence-electron chi connectivity index (χ1n) is 5.98. The molecule has 18 heavy (non-hydrogen) atoms. The van der Waals surface area contributed by atoms with Crippen molar-refractivity contribution in [2.75, 3.05) is 7.05 Å². The number of amides is 1. The van der Waals surface area contributed by atoms with Crippen LogP contribution in [0, 0.1) is 0 Å². The lowest BCUT2D eigenvalue weighted by Crippen LogP contribution is -2.31. The van der Waals surface area contributed by atoms with E-state index in [0.29, 0.717) is 13.0 Å². The van der Waals surface area contributed by atoms with Gasteiger partial charge in [-0.1, -0.05) is 6.07 Å². The second-order valence-electron chi connectivity index (χ2n) is 4.69. The van der Waals surface area contributed by atoms with Crippen molar-refractivity contribution in [3.05, 3.63) is 30.1 Å². The van der Waals surface area contributed by atoms with Gasteiger partial charge in [0.25, 0.3) is 0 Å². The number of nitrogens with zero attached hydrogens (tertiary/aromatic N) is 2. The normalized spacial score (nSPS) is 12.6. The molecule has 0 aliphatic heterocycles. The Hall–Kier alpha value is -1.88. The van der Waals surface area contributed by atoms with Crippen molar-refractivity contribution in [1.29, 1.82) is 0 Å². The number of H-pyrrole nitrogens is 1. The van der Waals surface area contributed by atoms with Gasteiger partial charge < -0.3 is 15.6 Å². The maximum atomic E-state index is 11.8. The SMILES string of the molecule is CC(N)CC(=O)N(C)Cc1ccc2nc[nH]c2c1.